The standard InChI is InChI=1S/C18H21BrFN/c1-4-12(2)14-5-8-16(9-6-14)21-13(3)17-10-7-15(20)11-18(17)19/h5-13,21H,4H2,1-3H3. The van der Waals surface area contributed by atoms with Crippen LogP contribution >= 0.6 is 15.9 Å². The van der Waals surface area contributed by atoms with E-state index in [1.54, 1.807) is 0 Å². The summed E-state index contributed by atoms with van der Waals surface area (Å²) >= 11 is 3.42. The summed E-state index contributed by atoms with van der Waals surface area (Å²) in [5.74, 6) is 0.360. The third kappa shape index (κ3) is 4.07. The predicted molar refractivity (Wildman–Crippen MR) is 91.3 cm³/mol. The van der Waals surface area contributed by atoms with Crippen molar-refractivity contribution in [3.8, 4) is 0 Å². The molecule has 2 aromatic carbocycles. The molecule has 0 heterocycles. The number of anilines is 1. The van der Waals surface area contributed by atoms with Gasteiger partial charge in [-0.15, -0.1) is 0 Å². The average Bonchev–Trinajstić information content (AvgIpc) is 2.47. The van der Waals surface area contributed by atoms with Gasteiger partial charge in [0.2, 0.25) is 0 Å². The Labute approximate surface area is 134 Å². The number of halogens is 2. The fourth-order valence-corrected chi connectivity index (χ4v) is 3.02. The molecule has 1 nitrogen and oxygen atoms in total. The van der Waals surface area contributed by atoms with Crippen molar-refractivity contribution >= 4 is 21.6 Å². The Hall–Kier alpha value is -1.35. The fraction of sp³-hybridized carbons (Fsp3) is 0.333. The van der Waals surface area contributed by atoms with Crippen LogP contribution in [0.4, 0.5) is 10.1 Å². The smallest absolute Gasteiger partial charge is 0.124 e. The van der Waals surface area contributed by atoms with Gasteiger partial charge in [0.15, 0.2) is 0 Å². The maximum atomic E-state index is 13.1. The molecule has 0 saturated carbocycles. The second-order valence-electron chi connectivity index (χ2n) is 5.46. The van der Waals surface area contributed by atoms with Crippen LogP contribution in [0.25, 0.3) is 0 Å². The summed E-state index contributed by atoms with van der Waals surface area (Å²) < 4.78 is 13.9. The fourth-order valence-electron chi connectivity index (χ4n) is 2.32. The Balaban J connectivity index is 2.10. The minimum Gasteiger partial charge on any atom is -0.378 e. The van der Waals surface area contributed by atoms with E-state index in [-0.39, 0.29) is 11.9 Å². The number of hydrogen-bond acceptors (Lipinski definition) is 1. The van der Waals surface area contributed by atoms with Gasteiger partial charge in [0.1, 0.15) is 5.82 Å². The topological polar surface area (TPSA) is 12.0 Å². The summed E-state index contributed by atoms with van der Waals surface area (Å²) in [6.07, 6.45) is 1.14. The molecule has 2 rings (SSSR count). The van der Waals surface area contributed by atoms with Gasteiger partial charge >= 0.3 is 0 Å². The van der Waals surface area contributed by atoms with Crippen LogP contribution in [-0.2, 0) is 0 Å². The van der Waals surface area contributed by atoms with Crippen molar-refractivity contribution in [3.63, 3.8) is 0 Å². The van der Waals surface area contributed by atoms with Crippen LogP contribution in [0.5, 0.6) is 0 Å². The highest BCUT2D eigenvalue weighted by Gasteiger charge is 2.10. The highest BCUT2D eigenvalue weighted by Crippen LogP contribution is 2.28. The van der Waals surface area contributed by atoms with Crippen molar-refractivity contribution in [2.24, 2.45) is 0 Å². The normalized spacial score (nSPS) is 13.8. The molecule has 0 aliphatic heterocycles. The first-order chi connectivity index (χ1) is 10.0. The summed E-state index contributed by atoms with van der Waals surface area (Å²) in [4.78, 5) is 0. The van der Waals surface area contributed by atoms with E-state index in [0.29, 0.717) is 5.92 Å². The van der Waals surface area contributed by atoms with Crippen LogP contribution in [0.1, 0.15) is 50.3 Å². The molecular weight excluding hydrogens is 329 g/mol. The monoisotopic (exact) mass is 349 g/mol. The Morgan fingerprint density at radius 2 is 1.76 bits per heavy atom. The molecule has 2 atom stereocenters. The molecule has 0 aromatic heterocycles. The zero-order chi connectivity index (χ0) is 15.4. The van der Waals surface area contributed by atoms with Gasteiger partial charge in [-0.2, -0.15) is 0 Å². The van der Waals surface area contributed by atoms with Gasteiger partial charge in [-0.05, 0) is 54.7 Å². The lowest BCUT2D eigenvalue weighted by molar-refractivity contribution is 0.625. The molecule has 3 heteroatoms. The van der Waals surface area contributed by atoms with Crippen LogP contribution in [0.3, 0.4) is 0 Å². The predicted octanol–water partition coefficient (Wildman–Crippen LogP) is 6.27. The molecule has 0 radical (unpaired) electrons. The number of rotatable bonds is 5. The van der Waals surface area contributed by atoms with Crippen LogP contribution < -0.4 is 5.32 Å². The zero-order valence-electron chi connectivity index (χ0n) is 12.7. The van der Waals surface area contributed by atoms with Crippen molar-refractivity contribution in [2.45, 2.75) is 39.2 Å². The van der Waals surface area contributed by atoms with Crippen molar-refractivity contribution in [1.29, 1.82) is 0 Å². The quantitative estimate of drug-likeness (QED) is 0.670. The van der Waals surface area contributed by atoms with E-state index in [1.165, 1.54) is 17.7 Å². The summed E-state index contributed by atoms with van der Waals surface area (Å²) in [6.45, 7) is 6.51. The summed E-state index contributed by atoms with van der Waals surface area (Å²) in [5, 5.41) is 3.45. The molecule has 0 aliphatic carbocycles. The highest BCUT2D eigenvalue weighted by molar-refractivity contribution is 9.10. The summed E-state index contributed by atoms with van der Waals surface area (Å²) in [6, 6.07) is 13.5. The van der Waals surface area contributed by atoms with Crippen LogP contribution in [0, 0.1) is 5.82 Å². The number of nitrogens with one attached hydrogen (secondary N) is 1. The van der Waals surface area contributed by atoms with Gasteiger partial charge in [0.05, 0.1) is 0 Å². The van der Waals surface area contributed by atoms with Crippen molar-refractivity contribution in [2.75, 3.05) is 5.32 Å². The molecule has 112 valence electrons. The lowest BCUT2D eigenvalue weighted by Crippen LogP contribution is -2.07. The molecular formula is C18H21BrFN. The molecule has 0 saturated heterocycles. The van der Waals surface area contributed by atoms with Gasteiger partial charge < -0.3 is 5.32 Å². The third-order valence-electron chi connectivity index (χ3n) is 3.90. The maximum Gasteiger partial charge on any atom is 0.124 e. The first-order valence-electron chi connectivity index (χ1n) is 7.32. The van der Waals surface area contributed by atoms with E-state index in [2.05, 4.69) is 66.3 Å². The molecule has 0 bridgehead atoms. The van der Waals surface area contributed by atoms with E-state index < -0.39 is 0 Å². The summed E-state index contributed by atoms with van der Waals surface area (Å²) in [7, 11) is 0. The van der Waals surface area contributed by atoms with E-state index in [1.807, 2.05) is 6.07 Å². The molecule has 1 N–H and O–H groups in total. The largest absolute Gasteiger partial charge is 0.378 e. The Bertz CT molecular complexity index is 595. The van der Waals surface area contributed by atoms with Crippen LogP contribution in [0.2, 0.25) is 0 Å². The molecule has 21 heavy (non-hydrogen) atoms. The van der Waals surface area contributed by atoms with Crippen molar-refractivity contribution in [3.05, 3.63) is 63.9 Å². The van der Waals surface area contributed by atoms with Gasteiger partial charge in [-0.3, -0.25) is 0 Å². The lowest BCUT2D eigenvalue weighted by Gasteiger charge is -2.18. The van der Waals surface area contributed by atoms with Crippen LogP contribution in [0.15, 0.2) is 46.9 Å². The van der Waals surface area contributed by atoms with E-state index in [4.69, 9.17) is 0 Å². The Morgan fingerprint density at radius 1 is 1.10 bits per heavy atom. The first kappa shape index (κ1) is 16.0. The van der Waals surface area contributed by atoms with Crippen molar-refractivity contribution < 1.29 is 4.39 Å². The first-order valence-corrected chi connectivity index (χ1v) is 8.12. The second-order valence-corrected chi connectivity index (χ2v) is 6.32. The van der Waals surface area contributed by atoms with Gasteiger partial charge in [-0.25, -0.2) is 4.39 Å². The second kappa shape index (κ2) is 7.08. The average molecular weight is 350 g/mol. The maximum absolute atomic E-state index is 13.1. The SMILES string of the molecule is CCC(C)c1ccc(NC(C)c2ccc(F)cc2Br)cc1. The molecule has 2 aromatic rings. The van der Waals surface area contributed by atoms with Gasteiger partial charge in [-0.1, -0.05) is 48.0 Å². The van der Waals surface area contributed by atoms with Crippen LogP contribution in [-0.4, -0.2) is 0 Å². The Kier molecular flexibility index (Phi) is 5.40. The molecule has 2 unspecified atom stereocenters. The Morgan fingerprint density at radius 3 is 2.33 bits per heavy atom. The lowest BCUT2D eigenvalue weighted by atomic mass is 9.98. The minimum absolute atomic E-state index is 0.106. The van der Waals surface area contributed by atoms with E-state index in [9.17, 15) is 4.39 Å². The number of hydrogen-bond donors (Lipinski definition) is 1. The third-order valence-corrected chi connectivity index (χ3v) is 4.59. The molecule has 0 amide bonds. The summed E-state index contributed by atoms with van der Waals surface area (Å²) in [5.41, 5.74) is 3.48. The van der Waals surface area contributed by atoms with Gasteiger partial charge in [0.25, 0.3) is 0 Å². The number of benzene rings is 2. The van der Waals surface area contributed by atoms with Gasteiger partial charge in [0, 0.05) is 16.2 Å². The van der Waals surface area contributed by atoms with E-state index in [0.717, 1.165) is 22.1 Å². The molecule has 0 spiro atoms. The zero-order valence-corrected chi connectivity index (χ0v) is 14.2. The minimum atomic E-state index is -0.226. The van der Waals surface area contributed by atoms with E-state index >= 15 is 0 Å². The highest BCUT2D eigenvalue weighted by atomic mass is 79.9. The molecule has 0 fully saturated rings. The van der Waals surface area contributed by atoms with Crippen molar-refractivity contribution in [1.82, 2.24) is 0 Å². The molecule has 0 aliphatic rings.